The number of carbonyl (C=O) groups is 1. The molecule has 0 bridgehead atoms. The smallest absolute Gasteiger partial charge is 0.220 e. The van der Waals surface area contributed by atoms with Crippen LogP contribution in [0.5, 0.6) is 0 Å². The first-order valence-electron chi connectivity index (χ1n) is 8.70. The molecule has 0 radical (unpaired) electrons. The number of benzene rings is 2. The highest BCUT2D eigenvalue weighted by molar-refractivity contribution is 7.91. The quantitative estimate of drug-likeness (QED) is 0.706. The van der Waals surface area contributed by atoms with Crippen LogP contribution in [0.1, 0.15) is 36.8 Å². The van der Waals surface area contributed by atoms with Gasteiger partial charge in [-0.3, -0.25) is 4.79 Å². The van der Waals surface area contributed by atoms with Crippen LogP contribution in [-0.2, 0) is 21.2 Å². The zero-order valence-electron chi connectivity index (χ0n) is 14.9. The van der Waals surface area contributed by atoms with E-state index in [1.54, 1.807) is 12.1 Å². The zero-order valence-corrected chi connectivity index (χ0v) is 15.7. The molecule has 0 fully saturated rings. The Balaban J connectivity index is 1.91. The van der Waals surface area contributed by atoms with Gasteiger partial charge < -0.3 is 10.4 Å². The maximum absolute atomic E-state index is 12.2. The molecule has 0 unspecified atom stereocenters. The average Bonchev–Trinajstić information content (AvgIpc) is 2.65. The van der Waals surface area contributed by atoms with Crippen LogP contribution in [0, 0.1) is 0 Å². The molecular weight excluding hydrogens is 350 g/mol. The second-order valence-corrected chi connectivity index (χ2v) is 8.29. The fraction of sp³-hybridized carbons (Fsp3) is 0.350. The van der Waals surface area contributed by atoms with Crippen molar-refractivity contribution in [1.82, 2.24) is 5.32 Å². The SMILES string of the molecule is CC[C@H](CC(=O)NCc1ccc(S(=O)(=O)CCO)cc1)c1ccccc1. The molecule has 0 heterocycles. The minimum atomic E-state index is -3.45. The summed E-state index contributed by atoms with van der Waals surface area (Å²) in [6, 6.07) is 16.3. The summed E-state index contributed by atoms with van der Waals surface area (Å²) in [5, 5.41) is 11.7. The van der Waals surface area contributed by atoms with E-state index < -0.39 is 16.4 Å². The minimum absolute atomic E-state index is 0.0299. The van der Waals surface area contributed by atoms with Gasteiger partial charge in [-0.1, -0.05) is 49.4 Å². The van der Waals surface area contributed by atoms with Gasteiger partial charge in [0.2, 0.25) is 5.91 Å². The Hall–Kier alpha value is -2.18. The van der Waals surface area contributed by atoms with E-state index in [1.807, 2.05) is 30.3 Å². The zero-order chi connectivity index (χ0) is 19.0. The van der Waals surface area contributed by atoms with Gasteiger partial charge in [-0.2, -0.15) is 0 Å². The minimum Gasteiger partial charge on any atom is -0.395 e. The van der Waals surface area contributed by atoms with Crippen molar-refractivity contribution in [3.05, 3.63) is 65.7 Å². The summed E-state index contributed by atoms with van der Waals surface area (Å²) in [5.41, 5.74) is 1.98. The number of aliphatic hydroxyl groups is 1. The van der Waals surface area contributed by atoms with Crippen molar-refractivity contribution >= 4 is 15.7 Å². The Morgan fingerprint density at radius 2 is 1.73 bits per heavy atom. The van der Waals surface area contributed by atoms with Gasteiger partial charge in [-0.15, -0.1) is 0 Å². The number of amides is 1. The predicted molar refractivity (Wildman–Crippen MR) is 102 cm³/mol. The third kappa shape index (κ3) is 5.68. The Labute approximate surface area is 155 Å². The lowest BCUT2D eigenvalue weighted by molar-refractivity contribution is -0.121. The fourth-order valence-electron chi connectivity index (χ4n) is 2.77. The normalized spacial score (nSPS) is 12.5. The van der Waals surface area contributed by atoms with Crippen LogP contribution in [0.3, 0.4) is 0 Å². The van der Waals surface area contributed by atoms with Crippen LogP contribution in [-0.4, -0.2) is 31.8 Å². The molecule has 0 aromatic heterocycles. The highest BCUT2D eigenvalue weighted by atomic mass is 32.2. The second-order valence-electron chi connectivity index (χ2n) is 6.18. The predicted octanol–water partition coefficient (Wildman–Crippen LogP) is 2.65. The lowest BCUT2D eigenvalue weighted by Crippen LogP contribution is -2.24. The number of carbonyl (C=O) groups excluding carboxylic acids is 1. The van der Waals surface area contributed by atoms with E-state index >= 15 is 0 Å². The van der Waals surface area contributed by atoms with Gasteiger partial charge in [0.25, 0.3) is 0 Å². The lowest BCUT2D eigenvalue weighted by atomic mass is 9.93. The number of aliphatic hydroxyl groups excluding tert-OH is 1. The standard InChI is InChI=1S/C20H25NO4S/c1-2-17(18-6-4-3-5-7-18)14-20(23)21-15-16-8-10-19(11-9-16)26(24,25)13-12-22/h3-11,17,22H,2,12-15H2,1H3,(H,21,23)/t17-/m1/s1. The molecule has 140 valence electrons. The van der Waals surface area contributed by atoms with Gasteiger partial charge in [0.05, 0.1) is 17.3 Å². The Kier molecular flexibility index (Phi) is 7.36. The Morgan fingerprint density at radius 3 is 2.31 bits per heavy atom. The third-order valence-electron chi connectivity index (χ3n) is 4.33. The van der Waals surface area contributed by atoms with Crippen molar-refractivity contribution in [2.45, 2.75) is 37.1 Å². The summed E-state index contributed by atoms with van der Waals surface area (Å²) >= 11 is 0. The third-order valence-corrected chi connectivity index (χ3v) is 6.04. The van der Waals surface area contributed by atoms with Crippen molar-refractivity contribution in [2.24, 2.45) is 0 Å². The molecule has 0 saturated carbocycles. The van der Waals surface area contributed by atoms with Crippen LogP contribution in [0.2, 0.25) is 0 Å². The molecule has 26 heavy (non-hydrogen) atoms. The van der Waals surface area contributed by atoms with Gasteiger partial charge in [0.1, 0.15) is 0 Å². The second kappa shape index (κ2) is 9.50. The largest absolute Gasteiger partial charge is 0.395 e. The summed E-state index contributed by atoms with van der Waals surface area (Å²) < 4.78 is 23.7. The van der Waals surface area contributed by atoms with Gasteiger partial charge >= 0.3 is 0 Å². The summed E-state index contributed by atoms with van der Waals surface area (Å²) in [7, 11) is -3.45. The number of hydrogen-bond acceptors (Lipinski definition) is 4. The van der Waals surface area contributed by atoms with Gasteiger partial charge in [-0.25, -0.2) is 8.42 Å². The molecular formula is C20H25NO4S. The highest BCUT2D eigenvalue weighted by Gasteiger charge is 2.15. The number of nitrogens with one attached hydrogen (secondary N) is 1. The Bertz CT molecular complexity index is 801. The van der Waals surface area contributed by atoms with E-state index in [9.17, 15) is 13.2 Å². The molecule has 2 rings (SSSR count). The summed E-state index contributed by atoms with van der Waals surface area (Å²) in [4.78, 5) is 12.4. The Morgan fingerprint density at radius 1 is 1.08 bits per heavy atom. The first-order valence-corrected chi connectivity index (χ1v) is 10.4. The van der Waals surface area contributed by atoms with Crippen molar-refractivity contribution in [3.63, 3.8) is 0 Å². The molecule has 0 spiro atoms. The van der Waals surface area contributed by atoms with Crippen molar-refractivity contribution in [2.75, 3.05) is 12.4 Å². The molecule has 6 heteroatoms. The van der Waals surface area contributed by atoms with Gasteiger partial charge in [0.15, 0.2) is 9.84 Å². The fourth-order valence-corrected chi connectivity index (χ4v) is 3.80. The molecule has 5 nitrogen and oxygen atoms in total. The number of hydrogen-bond donors (Lipinski definition) is 2. The average molecular weight is 375 g/mol. The van der Waals surface area contributed by atoms with Crippen molar-refractivity contribution < 1.29 is 18.3 Å². The van der Waals surface area contributed by atoms with E-state index in [-0.39, 0.29) is 22.5 Å². The number of rotatable bonds is 9. The molecule has 0 aliphatic carbocycles. The van der Waals surface area contributed by atoms with Gasteiger partial charge in [0, 0.05) is 13.0 Å². The molecule has 2 aromatic rings. The lowest BCUT2D eigenvalue weighted by Gasteiger charge is -2.15. The highest BCUT2D eigenvalue weighted by Crippen LogP contribution is 2.22. The van der Waals surface area contributed by atoms with Crippen molar-refractivity contribution in [1.29, 1.82) is 0 Å². The van der Waals surface area contributed by atoms with Crippen LogP contribution in [0.4, 0.5) is 0 Å². The molecule has 2 aromatic carbocycles. The monoisotopic (exact) mass is 375 g/mol. The maximum atomic E-state index is 12.2. The van der Waals surface area contributed by atoms with E-state index in [4.69, 9.17) is 5.11 Å². The summed E-state index contributed by atoms with van der Waals surface area (Å²) in [6.45, 7) is 2.01. The van der Waals surface area contributed by atoms with E-state index in [1.165, 1.54) is 12.1 Å². The van der Waals surface area contributed by atoms with Gasteiger partial charge in [-0.05, 0) is 35.6 Å². The van der Waals surface area contributed by atoms with Crippen LogP contribution in [0.25, 0.3) is 0 Å². The topological polar surface area (TPSA) is 83.5 Å². The maximum Gasteiger partial charge on any atom is 0.220 e. The first kappa shape index (κ1) is 20.1. The van der Waals surface area contributed by atoms with Crippen LogP contribution < -0.4 is 5.32 Å². The van der Waals surface area contributed by atoms with E-state index in [2.05, 4.69) is 12.2 Å². The van der Waals surface area contributed by atoms with E-state index in [0.717, 1.165) is 17.5 Å². The molecule has 0 aliphatic rings. The van der Waals surface area contributed by atoms with Crippen LogP contribution in [0.15, 0.2) is 59.5 Å². The summed E-state index contributed by atoms with van der Waals surface area (Å²) in [5.74, 6) is -0.138. The molecule has 0 aliphatic heterocycles. The molecule has 1 atom stereocenters. The first-order chi connectivity index (χ1) is 12.5. The van der Waals surface area contributed by atoms with Crippen molar-refractivity contribution in [3.8, 4) is 0 Å². The molecule has 1 amide bonds. The van der Waals surface area contributed by atoms with E-state index in [0.29, 0.717) is 13.0 Å². The van der Waals surface area contributed by atoms with Crippen LogP contribution >= 0.6 is 0 Å². The summed E-state index contributed by atoms with van der Waals surface area (Å²) in [6.07, 6.45) is 1.30. The number of sulfone groups is 1. The molecule has 0 saturated heterocycles. The molecule has 2 N–H and O–H groups in total.